The number of aromatic amines is 1. The number of hydrogen-bond acceptors (Lipinski definition) is 5. The molecule has 2 N–H and O–H groups in total. The van der Waals surface area contributed by atoms with Crippen LogP contribution in [0.1, 0.15) is 11.1 Å². The van der Waals surface area contributed by atoms with E-state index in [9.17, 15) is 14.4 Å². The molecule has 0 aliphatic carbocycles. The maximum atomic E-state index is 13.5. The molecule has 0 atom stereocenters. The van der Waals surface area contributed by atoms with Crippen molar-refractivity contribution in [3.8, 4) is 17.3 Å². The number of nitrogens with one attached hydrogen (secondary N) is 2. The van der Waals surface area contributed by atoms with Crippen LogP contribution in [0.25, 0.3) is 11.3 Å². The number of aromatic nitrogens is 2. The fourth-order valence-corrected chi connectivity index (χ4v) is 2.72. The summed E-state index contributed by atoms with van der Waals surface area (Å²) < 4.78 is 13.5. The SMILES string of the molecule is N#Cc1c(-c2ccccc2)nc(NN=Cc2c(Cl)ccc(F)c2Cl)[nH]c1=O. The van der Waals surface area contributed by atoms with E-state index in [1.807, 2.05) is 6.07 Å². The highest BCUT2D eigenvalue weighted by molar-refractivity contribution is 6.38. The molecule has 0 unspecified atom stereocenters. The molecule has 1 heterocycles. The summed E-state index contributed by atoms with van der Waals surface area (Å²) in [5, 5.41) is 13.1. The van der Waals surface area contributed by atoms with Crippen molar-refractivity contribution in [1.29, 1.82) is 5.26 Å². The van der Waals surface area contributed by atoms with Gasteiger partial charge in [0, 0.05) is 11.1 Å². The maximum absolute atomic E-state index is 13.5. The Bertz CT molecular complexity index is 1120. The highest BCUT2D eigenvalue weighted by Crippen LogP contribution is 2.25. The first-order valence-electron chi connectivity index (χ1n) is 7.53. The van der Waals surface area contributed by atoms with Gasteiger partial charge < -0.3 is 0 Å². The predicted octanol–water partition coefficient (Wildman–Crippen LogP) is 4.20. The molecular formula is C18H10Cl2FN5O. The number of hydrogen-bond donors (Lipinski definition) is 2. The number of benzene rings is 2. The third kappa shape index (κ3) is 3.97. The van der Waals surface area contributed by atoms with Crippen LogP contribution in [0.15, 0.2) is 52.4 Å². The lowest BCUT2D eigenvalue weighted by molar-refractivity contribution is 0.628. The van der Waals surface area contributed by atoms with Gasteiger partial charge in [-0.15, -0.1) is 0 Å². The average molecular weight is 402 g/mol. The lowest BCUT2D eigenvalue weighted by atomic mass is 10.1. The highest BCUT2D eigenvalue weighted by atomic mass is 35.5. The minimum atomic E-state index is -0.640. The smallest absolute Gasteiger partial charge is 0.270 e. The van der Waals surface area contributed by atoms with Crippen LogP contribution in [-0.2, 0) is 0 Å². The predicted molar refractivity (Wildman–Crippen MR) is 103 cm³/mol. The quantitative estimate of drug-likeness (QED) is 0.389. The zero-order valence-corrected chi connectivity index (χ0v) is 15.0. The molecule has 0 radical (unpaired) electrons. The summed E-state index contributed by atoms with van der Waals surface area (Å²) in [4.78, 5) is 18.8. The number of rotatable bonds is 4. The number of hydrazone groups is 1. The Hall–Kier alpha value is -3.21. The van der Waals surface area contributed by atoms with E-state index in [1.54, 1.807) is 30.3 Å². The Morgan fingerprint density at radius 2 is 1.96 bits per heavy atom. The molecule has 0 fully saturated rings. The Labute approximate surface area is 162 Å². The molecule has 9 heteroatoms. The molecule has 0 aliphatic rings. The van der Waals surface area contributed by atoms with Crippen molar-refractivity contribution < 1.29 is 4.39 Å². The Kier molecular flexibility index (Phi) is 5.50. The van der Waals surface area contributed by atoms with Gasteiger partial charge in [0.1, 0.15) is 17.4 Å². The molecule has 0 amide bonds. The summed E-state index contributed by atoms with van der Waals surface area (Å²) in [6.45, 7) is 0. The highest BCUT2D eigenvalue weighted by Gasteiger charge is 2.13. The molecule has 2 aromatic carbocycles. The zero-order valence-electron chi connectivity index (χ0n) is 13.5. The van der Waals surface area contributed by atoms with Gasteiger partial charge in [0.05, 0.1) is 22.0 Å². The first kappa shape index (κ1) is 18.6. The first-order valence-corrected chi connectivity index (χ1v) is 8.29. The largest absolute Gasteiger partial charge is 0.290 e. The van der Waals surface area contributed by atoms with Crippen molar-refractivity contribution in [1.82, 2.24) is 9.97 Å². The van der Waals surface area contributed by atoms with E-state index in [0.29, 0.717) is 5.56 Å². The van der Waals surface area contributed by atoms with Crippen LogP contribution in [-0.4, -0.2) is 16.2 Å². The van der Waals surface area contributed by atoms with Crippen molar-refractivity contribution >= 4 is 35.4 Å². The molecule has 134 valence electrons. The van der Waals surface area contributed by atoms with Crippen molar-refractivity contribution in [3.05, 3.63) is 79.8 Å². The second kappa shape index (κ2) is 7.99. The molecule has 1 aromatic heterocycles. The van der Waals surface area contributed by atoms with Crippen LogP contribution < -0.4 is 11.0 Å². The molecule has 0 bridgehead atoms. The Morgan fingerprint density at radius 1 is 1.22 bits per heavy atom. The second-order valence-corrected chi connectivity index (χ2v) is 6.03. The third-order valence-corrected chi connectivity index (χ3v) is 4.24. The maximum Gasteiger partial charge on any atom is 0.270 e. The van der Waals surface area contributed by atoms with Crippen LogP contribution in [0, 0.1) is 17.1 Å². The van der Waals surface area contributed by atoms with Crippen LogP contribution in [0.5, 0.6) is 0 Å². The van der Waals surface area contributed by atoms with Crippen molar-refractivity contribution in [2.45, 2.75) is 0 Å². The second-order valence-electron chi connectivity index (χ2n) is 5.24. The number of anilines is 1. The Balaban J connectivity index is 1.95. The van der Waals surface area contributed by atoms with Gasteiger partial charge in [-0.2, -0.15) is 10.4 Å². The summed E-state index contributed by atoms with van der Waals surface area (Å²) in [6.07, 6.45) is 1.20. The van der Waals surface area contributed by atoms with Crippen LogP contribution in [0.2, 0.25) is 10.0 Å². The molecular weight excluding hydrogens is 392 g/mol. The normalized spacial score (nSPS) is 10.7. The summed E-state index contributed by atoms with van der Waals surface area (Å²) in [7, 11) is 0. The van der Waals surface area contributed by atoms with Gasteiger partial charge in [0.25, 0.3) is 5.56 Å². The lowest BCUT2D eigenvalue weighted by Gasteiger charge is -2.06. The van der Waals surface area contributed by atoms with Gasteiger partial charge in [0.2, 0.25) is 5.95 Å². The summed E-state index contributed by atoms with van der Waals surface area (Å²) in [5.74, 6) is -0.642. The summed E-state index contributed by atoms with van der Waals surface area (Å²) >= 11 is 11.8. The van der Waals surface area contributed by atoms with Crippen LogP contribution in [0.3, 0.4) is 0 Å². The minimum absolute atomic E-state index is 0.00208. The van der Waals surface area contributed by atoms with Crippen molar-refractivity contribution in [3.63, 3.8) is 0 Å². The van der Waals surface area contributed by atoms with Crippen molar-refractivity contribution in [2.75, 3.05) is 5.43 Å². The zero-order chi connectivity index (χ0) is 19.4. The molecule has 3 aromatic rings. The van der Waals surface area contributed by atoms with Crippen LogP contribution in [0.4, 0.5) is 10.3 Å². The van der Waals surface area contributed by atoms with E-state index in [4.69, 9.17) is 23.2 Å². The van der Waals surface area contributed by atoms with Crippen LogP contribution >= 0.6 is 23.2 Å². The fourth-order valence-electron chi connectivity index (χ4n) is 2.25. The number of nitrogens with zero attached hydrogens (tertiary/aromatic N) is 3. The van der Waals surface area contributed by atoms with E-state index in [2.05, 4.69) is 20.5 Å². The number of nitriles is 1. The fraction of sp³-hybridized carbons (Fsp3) is 0. The van der Waals surface area contributed by atoms with E-state index in [1.165, 1.54) is 12.3 Å². The van der Waals surface area contributed by atoms with Gasteiger partial charge in [-0.05, 0) is 12.1 Å². The lowest BCUT2D eigenvalue weighted by Crippen LogP contribution is -2.16. The van der Waals surface area contributed by atoms with Gasteiger partial charge in [0.15, 0.2) is 0 Å². The van der Waals surface area contributed by atoms with E-state index in [0.717, 1.165) is 6.07 Å². The molecule has 0 saturated heterocycles. The standard InChI is InChI=1S/C18H10Cl2FN5O/c19-13-6-7-14(21)15(20)12(13)9-23-26-18-24-16(10-4-2-1-3-5-10)11(8-22)17(27)25-18/h1-7,9H,(H2,24,25,26,27). The average Bonchev–Trinajstić information content (AvgIpc) is 2.68. The molecule has 27 heavy (non-hydrogen) atoms. The van der Waals surface area contributed by atoms with Gasteiger partial charge in [-0.3, -0.25) is 9.78 Å². The topological polar surface area (TPSA) is 93.9 Å². The molecule has 3 rings (SSSR count). The molecule has 0 aliphatic heterocycles. The monoisotopic (exact) mass is 401 g/mol. The van der Waals surface area contributed by atoms with E-state index in [-0.39, 0.29) is 32.8 Å². The summed E-state index contributed by atoms with van der Waals surface area (Å²) in [6, 6.07) is 13.1. The third-order valence-electron chi connectivity index (χ3n) is 3.52. The number of H-pyrrole nitrogens is 1. The van der Waals surface area contributed by atoms with Gasteiger partial charge in [-0.25, -0.2) is 14.8 Å². The molecule has 0 saturated carbocycles. The van der Waals surface area contributed by atoms with Crippen molar-refractivity contribution in [2.24, 2.45) is 5.10 Å². The number of halogens is 3. The van der Waals surface area contributed by atoms with Gasteiger partial charge >= 0.3 is 0 Å². The molecule has 0 spiro atoms. The summed E-state index contributed by atoms with van der Waals surface area (Å²) in [5.41, 5.74) is 2.77. The molecule has 6 nitrogen and oxygen atoms in total. The van der Waals surface area contributed by atoms with Gasteiger partial charge in [-0.1, -0.05) is 53.5 Å². The van der Waals surface area contributed by atoms with E-state index >= 15 is 0 Å². The van der Waals surface area contributed by atoms with E-state index < -0.39 is 11.4 Å². The first-order chi connectivity index (χ1) is 13.0. The minimum Gasteiger partial charge on any atom is -0.290 e. The Morgan fingerprint density at radius 3 is 2.67 bits per heavy atom.